The summed E-state index contributed by atoms with van der Waals surface area (Å²) in [5.41, 5.74) is 4.26. The highest BCUT2D eigenvalue weighted by Crippen LogP contribution is 2.34. The Hall–Kier alpha value is -2.07. The maximum atomic E-state index is 12.9. The molecular weight excluding hydrogens is 273 g/mol. The average Bonchev–Trinajstić information content (AvgIpc) is 2.37. The molecule has 20 heavy (non-hydrogen) atoms. The number of halogens is 3. The summed E-state index contributed by atoms with van der Waals surface area (Å²) in [6, 6.07) is 3.52. The van der Waals surface area contributed by atoms with Crippen LogP contribution in [0.5, 0.6) is 0 Å². The van der Waals surface area contributed by atoms with Crippen molar-refractivity contribution in [1.82, 2.24) is 0 Å². The number of rotatable bonds is 4. The summed E-state index contributed by atoms with van der Waals surface area (Å²) in [7, 11) is 0. The van der Waals surface area contributed by atoms with E-state index >= 15 is 0 Å². The molecule has 0 aliphatic heterocycles. The maximum Gasteiger partial charge on any atom is 0.416 e. The van der Waals surface area contributed by atoms with Crippen molar-refractivity contribution in [2.75, 3.05) is 6.61 Å². The summed E-state index contributed by atoms with van der Waals surface area (Å²) in [6.07, 6.45) is -5.16. The molecule has 0 heterocycles. The lowest BCUT2D eigenvalue weighted by atomic mass is 9.96. The molecule has 0 saturated heterocycles. The molecule has 0 bridgehead atoms. The second-order valence-corrected chi connectivity index (χ2v) is 3.96. The van der Waals surface area contributed by atoms with E-state index in [1.165, 1.54) is 0 Å². The molecule has 0 atom stereocenters. The highest BCUT2D eigenvalue weighted by molar-refractivity contribution is 5.73. The van der Waals surface area contributed by atoms with Gasteiger partial charge in [0.15, 0.2) is 0 Å². The van der Waals surface area contributed by atoms with E-state index in [2.05, 4.69) is 4.74 Å². The molecule has 7 heteroatoms. The van der Waals surface area contributed by atoms with Gasteiger partial charge in [-0.25, -0.2) is 0 Å². The summed E-state index contributed by atoms with van der Waals surface area (Å²) < 4.78 is 43.5. The van der Waals surface area contributed by atoms with Crippen LogP contribution < -0.4 is 5.73 Å². The fourth-order valence-corrected chi connectivity index (χ4v) is 1.75. The number of hydrogen-bond donors (Lipinski definition) is 1. The van der Waals surface area contributed by atoms with Crippen LogP contribution in [0.15, 0.2) is 12.1 Å². The number of nitrogens with two attached hydrogens (primary N) is 1. The third-order valence-electron chi connectivity index (χ3n) is 2.61. The minimum Gasteiger partial charge on any atom is -0.466 e. The smallest absolute Gasteiger partial charge is 0.416 e. The predicted molar refractivity (Wildman–Crippen MR) is 64.4 cm³/mol. The van der Waals surface area contributed by atoms with Crippen LogP contribution in [0.4, 0.5) is 13.2 Å². The molecule has 0 aliphatic carbocycles. The lowest BCUT2D eigenvalue weighted by molar-refractivity contribution is -0.143. The summed E-state index contributed by atoms with van der Waals surface area (Å²) >= 11 is 0. The van der Waals surface area contributed by atoms with Crippen LogP contribution in [0.25, 0.3) is 0 Å². The minimum absolute atomic E-state index is 0.0835. The van der Waals surface area contributed by atoms with E-state index in [-0.39, 0.29) is 29.8 Å². The fraction of sp³-hybridized carbons (Fsp3) is 0.385. The molecule has 0 unspecified atom stereocenters. The Bertz CT molecular complexity index is 548. The van der Waals surface area contributed by atoms with E-state index in [9.17, 15) is 18.0 Å². The Balaban J connectivity index is 3.32. The van der Waals surface area contributed by atoms with Gasteiger partial charge in [-0.1, -0.05) is 6.07 Å². The highest BCUT2D eigenvalue weighted by atomic mass is 19.4. The molecule has 108 valence electrons. The van der Waals surface area contributed by atoms with Crippen LogP contribution in [-0.4, -0.2) is 12.6 Å². The zero-order valence-electron chi connectivity index (χ0n) is 10.8. The fourth-order valence-electron chi connectivity index (χ4n) is 1.75. The second-order valence-electron chi connectivity index (χ2n) is 3.96. The van der Waals surface area contributed by atoms with E-state index in [0.29, 0.717) is 0 Å². The Morgan fingerprint density at radius 3 is 2.50 bits per heavy atom. The number of hydrogen-bond acceptors (Lipinski definition) is 4. The van der Waals surface area contributed by atoms with Gasteiger partial charge < -0.3 is 10.5 Å². The summed E-state index contributed by atoms with van der Waals surface area (Å²) in [5, 5.41) is 8.83. The average molecular weight is 286 g/mol. The third kappa shape index (κ3) is 3.71. The van der Waals surface area contributed by atoms with Crippen molar-refractivity contribution in [3.63, 3.8) is 0 Å². The zero-order valence-corrected chi connectivity index (χ0v) is 10.8. The molecule has 1 rings (SSSR count). The van der Waals surface area contributed by atoms with E-state index in [1.54, 1.807) is 13.0 Å². The molecule has 4 nitrogen and oxygen atoms in total. The zero-order chi connectivity index (χ0) is 15.3. The van der Waals surface area contributed by atoms with Gasteiger partial charge in [0.2, 0.25) is 0 Å². The number of ether oxygens (including phenoxy) is 1. The number of nitriles is 1. The van der Waals surface area contributed by atoms with E-state index in [1.807, 2.05) is 0 Å². The molecule has 1 aromatic rings. The van der Waals surface area contributed by atoms with Crippen LogP contribution in [0.3, 0.4) is 0 Å². The molecule has 0 fully saturated rings. The predicted octanol–water partition coefficient (Wildman–Crippen LogP) is 2.14. The summed E-state index contributed by atoms with van der Waals surface area (Å²) in [5.74, 6) is -0.759. The minimum atomic E-state index is -4.65. The number of alkyl halides is 3. The first-order valence-corrected chi connectivity index (χ1v) is 5.82. The van der Waals surface area contributed by atoms with Crippen LogP contribution >= 0.6 is 0 Å². The van der Waals surface area contributed by atoms with Crippen molar-refractivity contribution in [3.8, 4) is 6.07 Å². The first-order valence-electron chi connectivity index (χ1n) is 5.82. The molecular formula is C13H13F3N2O2. The van der Waals surface area contributed by atoms with Crippen LogP contribution in [-0.2, 0) is 28.7 Å². The van der Waals surface area contributed by atoms with Gasteiger partial charge >= 0.3 is 12.1 Å². The van der Waals surface area contributed by atoms with Gasteiger partial charge in [0.05, 0.1) is 30.2 Å². The first kappa shape index (κ1) is 16.0. The second kappa shape index (κ2) is 6.39. The first-order chi connectivity index (χ1) is 9.33. The Morgan fingerprint density at radius 2 is 2.05 bits per heavy atom. The largest absolute Gasteiger partial charge is 0.466 e. The number of carbonyl (C=O) groups excluding carboxylic acids is 1. The van der Waals surface area contributed by atoms with Crippen LogP contribution in [0.1, 0.15) is 29.2 Å². The standard InChI is InChI=1S/C13H13F3N2O2/c1-2-20-12(19)5-8-3-9(6-17)10(7-18)4-11(8)13(14,15)16/h3-4H,2,5-6,17H2,1H3. The number of carbonyl (C=O) groups is 1. The monoisotopic (exact) mass is 286 g/mol. The van der Waals surface area contributed by atoms with Crippen molar-refractivity contribution in [2.24, 2.45) is 5.73 Å². The van der Waals surface area contributed by atoms with Gasteiger partial charge in [0.25, 0.3) is 0 Å². The SMILES string of the molecule is CCOC(=O)Cc1cc(CN)c(C#N)cc1C(F)(F)F. The molecule has 2 N–H and O–H groups in total. The quantitative estimate of drug-likeness (QED) is 0.860. The van der Waals surface area contributed by atoms with Crippen molar-refractivity contribution < 1.29 is 22.7 Å². The third-order valence-corrected chi connectivity index (χ3v) is 2.61. The van der Waals surface area contributed by atoms with Gasteiger partial charge in [-0.15, -0.1) is 0 Å². The molecule has 0 radical (unpaired) electrons. The van der Waals surface area contributed by atoms with Gasteiger partial charge in [-0.05, 0) is 24.1 Å². The van der Waals surface area contributed by atoms with E-state index in [4.69, 9.17) is 11.0 Å². The lowest BCUT2D eigenvalue weighted by Gasteiger charge is -2.15. The number of benzene rings is 1. The Kier molecular flexibility index (Phi) is 5.11. The topological polar surface area (TPSA) is 76.1 Å². The Labute approximate surface area is 113 Å². The van der Waals surface area contributed by atoms with Crippen molar-refractivity contribution in [1.29, 1.82) is 5.26 Å². The van der Waals surface area contributed by atoms with Gasteiger partial charge in [-0.3, -0.25) is 4.79 Å². The molecule has 0 amide bonds. The maximum absolute atomic E-state index is 12.9. The van der Waals surface area contributed by atoms with Crippen molar-refractivity contribution in [3.05, 3.63) is 34.4 Å². The Morgan fingerprint density at radius 1 is 1.40 bits per heavy atom. The lowest BCUT2D eigenvalue weighted by Crippen LogP contribution is -2.16. The molecule has 0 aliphatic rings. The van der Waals surface area contributed by atoms with Crippen LogP contribution in [0.2, 0.25) is 0 Å². The van der Waals surface area contributed by atoms with Gasteiger partial charge in [0, 0.05) is 6.54 Å². The van der Waals surface area contributed by atoms with Crippen molar-refractivity contribution >= 4 is 5.97 Å². The summed E-state index contributed by atoms with van der Waals surface area (Å²) in [6.45, 7) is 1.56. The highest BCUT2D eigenvalue weighted by Gasteiger charge is 2.34. The van der Waals surface area contributed by atoms with E-state index in [0.717, 1.165) is 12.1 Å². The number of nitrogens with zero attached hydrogens (tertiary/aromatic N) is 1. The van der Waals surface area contributed by atoms with Crippen molar-refractivity contribution in [2.45, 2.75) is 26.1 Å². The van der Waals surface area contributed by atoms with Crippen LogP contribution in [0, 0.1) is 11.3 Å². The normalized spacial score (nSPS) is 11.0. The number of esters is 1. The molecule has 1 aromatic carbocycles. The van der Waals surface area contributed by atoms with Gasteiger partial charge in [-0.2, -0.15) is 18.4 Å². The van der Waals surface area contributed by atoms with E-state index < -0.39 is 24.1 Å². The van der Waals surface area contributed by atoms with Gasteiger partial charge in [0.1, 0.15) is 0 Å². The molecule has 0 aromatic heterocycles. The molecule has 0 saturated carbocycles. The molecule has 0 spiro atoms. The summed E-state index contributed by atoms with van der Waals surface area (Å²) in [4.78, 5) is 11.4.